The average Bonchev–Trinajstić information content (AvgIpc) is 2.25. The summed E-state index contributed by atoms with van der Waals surface area (Å²) in [5.41, 5.74) is 0.820. The van der Waals surface area contributed by atoms with Crippen LogP contribution >= 0.6 is 15.9 Å². The van der Waals surface area contributed by atoms with Gasteiger partial charge in [-0.25, -0.2) is 0 Å². The standard InChI is InChI=1S/C11H11BrN2O/c1-14(11(15)7-4-8-13)10-6-3-2-5-9(10)12/h2-3,5-6H,4,7H2,1H3. The molecular weight excluding hydrogens is 256 g/mol. The van der Waals surface area contributed by atoms with E-state index in [0.717, 1.165) is 10.2 Å². The molecule has 0 spiro atoms. The van der Waals surface area contributed by atoms with E-state index < -0.39 is 0 Å². The Labute approximate surface area is 97.4 Å². The van der Waals surface area contributed by atoms with Crippen molar-refractivity contribution in [3.05, 3.63) is 28.7 Å². The maximum Gasteiger partial charge on any atom is 0.227 e. The zero-order valence-corrected chi connectivity index (χ0v) is 9.99. The number of carbonyl (C=O) groups excluding carboxylic acids is 1. The Hall–Kier alpha value is -1.34. The predicted molar refractivity (Wildman–Crippen MR) is 62.4 cm³/mol. The molecule has 0 aliphatic carbocycles. The number of rotatable bonds is 3. The molecule has 4 heteroatoms. The Morgan fingerprint density at radius 2 is 2.20 bits per heavy atom. The van der Waals surface area contributed by atoms with E-state index in [-0.39, 0.29) is 18.7 Å². The van der Waals surface area contributed by atoms with Gasteiger partial charge in [0.15, 0.2) is 0 Å². The van der Waals surface area contributed by atoms with Gasteiger partial charge in [-0.15, -0.1) is 0 Å². The van der Waals surface area contributed by atoms with Crippen LogP contribution in [0.5, 0.6) is 0 Å². The molecule has 0 heterocycles. The van der Waals surface area contributed by atoms with Gasteiger partial charge in [0, 0.05) is 24.4 Å². The number of hydrogen-bond acceptors (Lipinski definition) is 2. The first-order valence-electron chi connectivity index (χ1n) is 4.55. The molecule has 0 unspecified atom stereocenters. The maximum absolute atomic E-state index is 11.6. The number of carbonyl (C=O) groups is 1. The van der Waals surface area contributed by atoms with Gasteiger partial charge in [-0.05, 0) is 28.1 Å². The summed E-state index contributed by atoms with van der Waals surface area (Å²) in [7, 11) is 1.71. The highest BCUT2D eigenvalue weighted by Crippen LogP contribution is 2.25. The average molecular weight is 267 g/mol. The number of amides is 1. The van der Waals surface area contributed by atoms with Crippen LogP contribution in [0.25, 0.3) is 0 Å². The molecule has 1 aromatic rings. The smallest absolute Gasteiger partial charge is 0.227 e. The molecule has 0 atom stereocenters. The van der Waals surface area contributed by atoms with Crippen LogP contribution in [-0.4, -0.2) is 13.0 Å². The van der Waals surface area contributed by atoms with Gasteiger partial charge in [-0.2, -0.15) is 5.26 Å². The Morgan fingerprint density at radius 3 is 2.80 bits per heavy atom. The second-order valence-corrected chi connectivity index (χ2v) is 3.92. The largest absolute Gasteiger partial charge is 0.314 e. The van der Waals surface area contributed by atoms with Crippen LogP contribution in [-0.2, 0) is 4.79 Å². The second-order valence-electron chi connectivity index (χ2n) is 3.06. The third-order valence-corrected chi connectivity index (χ3v) is 2.71. The first kappa shape index (κ1) is 11.7. The molecule has 15 heavy (non-hydrogen) atoms. The van der Waals surface area contributed by atoms with Crippen LogP contribution in [0.3, 0.4) is 0 Å². The SMILES string of the molecule is CN(C(=O)CCC#N)c1ccccc1Br. The number of para-hydroxylation sites is 1. The minimum absolute atomic E-state index is 0.0524. The van der Waals surface area contributed by atoms with E-state index in [0.29, 0.717) is 0 Å². The predicted octanol–water partition coefficient (Wildman–Crippen LogP) is 2.72. The third-order valence-electron chi connectivity index (χ3n) is 2.04. The molecule has 1 aromatic carbocycles. The molecule has 0 bridgehead atoms. The molecule has 0 saturated heterocycles. The molecule has 0 N–H and O–H groups in total. The lowest BCUT2D eigenvalue weighted by atomic mass is 10.2. The van der Waals surface area contributed by atoms with Gasteiger partial charge in [0.1, 0.15) is 0 Å². The van der Waals surface area contributed by atoms with Gasteiger partial charge in [0.25, 0.3) is 0 Å². The fourth-order valence-electron chi connectivity index (χ4n) is 1.19. The molecule has 3 nitrogen and oxygen atoms in total. The second kappa shape index (κ2) is 5.52. The van der Waals surface area contributed by atoms with Gasteiger partial charge in [0.05, 0.1) is 11.8 Å². The lowest BCUT2D eigenvalue weighted by molar-refractivity contribution is -0.118. The van der Waals surface area contributed by atoms with Crippen molar-refractivity contribution in [3.63, 3.8) is 0 Å². The zero-order chi connectivity index (χ0) is 11.3. The Kier molecular flexibility index (Phi) is 4.32. The first-order chi connectivity index (χ1) is 7.16. The number of benzene rings is 1. The van der Waals surface area contributed by atoms with Crippen molar-refractivity contribution in [1.29, 1.82) is 5.26 Å². The van der Waals surface area contributed by atoms with Crippen molar-refractivity contribution in [3.8, 4) is 6.07 Å². The topological polar surface area (TPSA) is 44.1 Å². The summed E-state index contributed by atoms with van der Waals surface area (Å²) >= 11 is 3.37. The fraction of sp³-hybridized carbons (Fsp3) is 0.273. The highest BCUT2D eigenvalue weighted by molar-refractivity contribution is 9.10. The van der Waals surface area contributed by atoms with Gasteiger partial charge in [-0.3, -0.25) is 4.79 Å². The Bertz CT molecular complexity index is 398. The van der Waals surface area contributed by atoms with Crippen molar-refractivity contribution < 1.29 is 4.79 Å². The maximum atomic E-state index is 11.6. The Morgan fingerprint density at radius 1 is 1.53 bits per heavy atom. The molecule has 0 saturated carbocycles. The van der Waals surface area contributed by atoms with Crippen LogP contribution in [0.1, 0.15) is 12.8 Å². The normalized spacial score (nSPS) is 9.40. The van der Waals surface area contributed by atoms with Crippen molar-refractivity contribution in [1.82, 2.24) is 0 Å². The van der Waals surface area contributed by atoms with Crippen LogP contribution < -0.4 is 4.90 Å². The molecule has 78 valence electrons. The molecule has 0 aromatic heterocycles. The summed E-state index contributed by atoms with van der Waals surface area (Å²) in [6.45, 7) is 0. The van der Waals surface area contributed by atoms with Crippen LogP contribution in [0.4, 0.5) is 5.69 Å². The lowest BCUT2D eigenvalue weighted by Gasteiger charge is -2.18. The molecule has 1 amide bonds. The first-order valence-corrected chi connectivity index (χ1v) is 5.34. The van der Waals surface area contributed by atoms with Crippen molar-refractivity contribution in [2.75, 3.05) is 11.9 Å². The van der Waals surface area contributed by atoms with Crippen LogP contribution in [0.2, 0.25) is 0 Å². The summed E-state index contributed by atoms with van der Waals surface area (Å²) in [6.07, 6.45) is 0.516. The van der Waals surface area contributed by atoms with Gasteiger partial charge in [0.2, 0.25) is 5.91 Å². The van der Waals surface area contributed by atoms with Crippen molar-refractivity contribution in [2.45, 2.75) is 12.8 Å². The summed E-state index contributed by atoms with van der Waals surface area (Å²) in [5, 5.41) is 8.39. The summed E-state index contributed by atoms with van der Waals surface area (Å²) in [4.78, 5) is 13.2. The van der Waals surface area contributed by atoms with Gasteiger partial charge < -0.3 is 4.90 Å². The van der Waals surface area contributed by atoms with E-state index in [2.05, 4.69) is 15.9 Å². The quantitative estimate of drug-likeness (QED) is 0.845. The third kappa shape index (κ3) is 3.07. The van der Waals surface area contributed by atoms with Crippen LogP contribution in [0.15, 0.2) is 28.7 Å². The fourth-order valence-corrected chi connectivity index (χ4v) is 1.74. The minimum atomic E-state index is -0.0524. The van der Waals surface area contributed by atoms with E-state index in [1.807, 2.05) is 30.3 Å². The van der Waals surface area contributed by atoms with E-state index in [4.69, 9.17) is 5.26 Å². The number of anilines is 1. The minimum Gasteiger partial charge on any atom is -0.314 e. The van der Waals surface area contributed by atoms with E-state index in [9.17, 15) is 4.79 Å². The van der Waals surface area contributed by atoms with E-state index >= 15 is 0 Å². The highest BCUT2D eigenvalue weighted by atomic mass is 79.9. The molecule has 1 rings (SSSR count). The zero-order valence-electron chi connectivity index (χ0n) is 8.40. The number of nitrogens with zero attached hydrogens (tertiary/aromatic N) is 2. The molecule has 0 radical (unpaired) electrons. The summed E-state index contributed by atoms with van der Waals surface area (Å²) in [5.74, 6) is -0.0524. The highest BCUT2D eigenvalue weighted by Gasteiger charge is 2.12. The number of hydrogen-bond donors (Lipinski definition) is 0. The van der Waals surface area contributed by atoms with E-state index in [1.165, 1.54) is 0 Å². The Balaban J connectivity index is 2.77. The summed E-state index contributed by atoms with van der Waals surface area (Å²) < 4.78 is 0.873. The summed E-state index contributed by atoms with van der Waals surface area (Å²) in [6, 6.07) is 9.45. The molecule has 0 aliphatic heterocycles. The van der Waals surface area contributed by atoms with Crippen molar-refractivity contribution >= 4 is 27.5 Å². The number of nitriles is 1. The monoisotopic (exact) mass is 266 g/mol. The van der Waals surface area contributed by atoms with Crippen molar-refractivity contribution in [2.24, 2.45) is 0 Å². The van der Waals surface area contributed by atoms with Gasteiger partial charge in [-0.1, -0.05) is 12.1 Å². The van der Waals surface area contributed by atoms with Crippen LogP contribution in [0, 0.1) is 11.3 Å². The molecule has 0 aliphatic rings. The number of halogens is 1. The molecule has 0 fully saturated rings. The van der Waals surface area contributed by atoms with Gasteiger partial charge >= 0.3 is 0 Å². The van der Waals surface area contributed by atoms with E-state index in [1.54, 1.807) is 11.9 Å². The lowest BCUT2D eigenvalue weighted by Crippen LogP contribution is -2.25. The molecular formula is C11H11BrN2O.